The first-order valence-electron chi connectivity index (χ1n) is 16.7. The van der Waals surface area contributed by atoms with Crippen molar-refractivity contribution in [1.29, 1.82) is 0 Å². The molecule has 0 amide bonds. The molecule has 0 radical (unpaired) electrons. The van der Waals surface area contributed by atoms with E-state index < -0.39 is 0 Å². The molecule has 230 valence electrons. The molecule has 5 aromatic carbocycles. The number of imidazole rings is 1. The Hall–Kier alpha value is -6.46. The Kier molecular flexibility index (Phi) is 6.24. The molecule has 0 bridgehead atoms. The van der Waals surface area contributed by atoms with Gasteiger partial charge in [0.2, 0.25) is 0 Å². The summed E-state index contributed by atoms with van der Waals surface area (Å²) in [7, 11) is 0. The van der Waals surface area contributed by atoms with Gasteiger partial charge < -0.3 is 4.57 Å². The van der Waals surface area contributed by atoms with Crippen molar-refractivity contribution in [1.82, 2.24) is 24.5 Å². The van der Waals surface area contributed by atoms with Crippen LogP contribution in [0, 0.1) is 0 Å². The maximum atomic E-state index is 5.46. The second kappa shape index (κ2) is 11.1. The first-order chi connectivity index (χ1) is 24.3. The smallest absolute Gasteiger partial charge is 0.114 e. The van der Waals surface area contributed by atoms with Crippen LogP contribution >= 0.6 is 0 Å². The van der Waals surface area contributed by atoms with Gasteiger partial charge in [0.1, 0.15) is 11.3 Å². The molecule has 5 heterocycles. The molecule has 0 saturated heterocycles. The molecule has 0 aliphatic carbocycles. The lowest BCUT2D eigenvalue weighted by Crippen LogP contribution is -2.02. The Labute approximate surface area is 282 Å². The van der Waals surface area contributed by atoms with Gasteiger partial charge in [-0.25, -0.2) is 9.97 Å². The van der Waals surface area contributed by atoms with E-state index in [4.69, 9.17) is 9.97 Å². The summed E-state index contributed by atoms with van der Waals surface area (Å²) in [6.07, 6.45) is 13.8. The number of aromatic nitrogens is 5. The van der Waals surface area contributed by atoms with Crippen LogP contribution in [0.25, 0.3) is 94.3 Å². The van der Waals surface area contributed by atoms with E-state index in [9.17, 15) is 0 Å². The van der Waals surface area contributed by atoms with Crippen LogP contribution < -0.4 is 0 Å². The number of aryl methyl sites for hydroxylation is 1. The van der Waals surface area contributed by atoms with E-state index in [1.807, 2.05) is 36.9 Å². The number of nitrogens with zero attached hydrogens (tertiary/aromatic N) is 5. The van der Waals surface area contributed by atoms with Gasteiger partial charge >= 0.3 is 0 Å². The summed E-state index contributed by atoms with van der Waals surface area (Å²) >= 11 is 0. The minimum Gasteiger partial charge on any atom is -0.301 e. The van der Waals surface area contributed by atoms with Crippen molar-refractivity contribution in [2.75, 3.05) is 0 Å². The second-order valence-electron chi connectivity index (χ2n) is 12.6. The van der Waals surface area contributed by atoms with E-state index in [1.54, 1.807) is 0 Å². The lowest BCUT2D eigenvalue weighted by molar-refractivity contribution is 0.848. The molecule has 1 aliphatic rings. The molecule has 0 saturated carbocycles. The van der Waals surface area contributed by atoms with E-state index in [-0.39, 0.29) is 0 Å². The van der Waals surface area contributed by atoms with Crippen LogP contribution in [0.3, 0.4) is 0 Å². The van der Waals surface area contributed by atoms with Crippen molar-refractivity contribution in [2.45, 2.75) is 12.8 Å². The van der Waals surface area contributed by atoms with Crippen LogP contribution in [0.1, 0.15) is 12.2 Å². The van der Waals surface area contributed by atoms with Crippen molar-refractivity contribution in [2.24, 2.45) is 0 Å². The van der Waals surface area contributed by atoms with Gasteiger partial charge in [0.15, 0.2) is 0 Å². The SMILES string of the molecule is C1=Cn2c(nc3c4ccccc4nc(-c4c5ccccc5c(-c5cc(-c6cccnc6)cc(-c6cccnc6)c5)c5ccccc45)c32)CC1. The Morgan fingerprint density at radius 2 is 1.08 bits per heavy atom. The molecule has 49 heavy (non-hydrogen) atoms. The summed E-state index contributed by atoms with van der Waals surface area (Å²) in [6.45, 7) is 0. The predicted molar refractivity (Wildman–Crippen MR) is 201 cm³/mol. The van der Waals surface area contributed by atoms with E-state index in [1.165, 1.54) is 16.3 Å². The monoisotopic (exact) mass is 627 g/mol. The number of fused-ring (bicyclic) bond motifs is 7. The van der Waals surface area contributed by atoms with Crippen LogP contribution in [-0.4, -0.2) is 24.5 Å². The van der Waals surface area contributed by atoms with Gasteiger partial charge in [-0.2, -0.15) is 0 Å². The average Bonchev–Trinajstić information content (AvgIpc) is 3.57. The number of benzene rings is 5. The normalized spacial score (nSPS) is 12.7. The number of hydrogen-bond donors (Lipinski definition) is 0. The van der Waals surface area contributed by atoms with Crippen molar-refractivity contribution >= 4 is 49.7 Å². The summed E-state index contributed by atoms with van der Waals surface area (Å²) in [4.78, 5) is 19.6. The number of rotatable bonds is 4. The molecule has 4 aromatic heterocycles. The molecule has 9 aromatic rings. The molecule has 0 N–H and O–H groups in total. The maximum absolute atomic E-state index is 5.46. The van der Waals surface area contributed by atoms with E-state index >= 15 is 0 Å². The molecular formula is C44H29N5. The van der Waals surface area contributed by atoms with Gasteiger partial charge in [-0.05, 0) is 86.6 Å². The summed E-state index contributed by atoms with van der Waals surface area (Å²) in [6, 6.07) is 41.0. The Balaban J connectivity index is 1.34. The predicted octanol–water partition coefficient (Wildman–Crippen LogP) is 10.8. The lowest BCUT2D eigenvalue weighted by atomic mass is 9.85. The summed E-state index contributed by atoms with van der Waals surface area (Å²) < 4.78 is 2.27. The minimum absolute atomic E-state index is 0.909. The lowest BCUT2D eigenvalue weighted by Gasteiger charge is -2.20. The van der Waals surface area contributed by atoms with Crippen molar-refractivity contribution in [3.63, 3.8) is 0 Å². The molecule has 0 atom stereocenters. The highest BCUT2D eigenvalue weighted by molar-refractivity contribution is 6.24. The number of pyridine rings is 3. The zero-order valence-electron chi connectivity index (χ0n) is 26.6. The van der Waals surface area contributed by atoms with Gasteiger partial charge in [0.05, 0.1) is 16.7 Å². The fourth-order valence-corrected chi connectivity index (χ4v) is 7.61. The van der Waals surface area contributed by atoms with Gasteiger partial charge in [0.25, 0.3) is 0 Å². The third-order valence-electron chi connectivity index (χ3n) is 9.77. The van der Waals surface area contributed by atoms with Crippen LogP contribution in [0.5, 0.6) is 0 Å². The molecule has 0 unspecified atom stereocenters. The van der Waals surface area contributed by atoms with Crippen LogP contribution in [0.15, 0.2) is 146 Å². The van der Waals surface area contributed by atoms with Crippen LogP contribution in [0.4, 0.5) is 0 Å². The third kappa shape index (κ3) is 4.40. The quantitative estimate of drug-likeness (QED) is 0.182. The van der Waals surface area contributed by atoms with Gasteiger partial charge in [-0.3, -0.25) is 9.97 Å². The Morgan fingerprint density at radius 1 is 0.510 bits per heavy atom. The molecule has 5 nitrogen and oxygen atoms in total. The van der Waals surface area contributed by atoms with Gasteiger partial charge in [-0.1, -0.05) is 84.9 Å². The molecule has 0 spiro atoms. The zero-order chi connectivity index (χ0) is 32.3. The Morgan fingerprint density at radius 3 is 1.69 bits per heavy atom. The van der Waals surface area contributed by atoms with Crippen LogP contribution in [0.2, 0.25) is 0 Å². The first-order valence-corrected chi connectivity index (χ1v) is 16.7. The highest BCUT2D eigenvalue weighted by Crippen LogP contribution is 2.47. The molecule has 1 aliphatic heterocycles. The van der Waals surface area contributed by atoms with Crippen molar-refractivity contribution < 1.29 is 0 Å². The number of allylic oxidation sites excluding steroid dienone is 1. The van der Waals surface area contributed by atoms with Gasteiger partial charge in [0, 0.05) is 59.5 Å². The molecule has 10 rings (SSSR count). The standard InChI is InChI=1S/C44H29N5/c1-3-15-35-33(13-1)40(32-24-30(28-11-9-20-45-26-28)23-31(25-32)29-12-10-21-46-27-29)34-14-2-4-16-36(34)41(35)43-44-42(37-17-5-6-18-38(37)47-43)48-39-19-7-8-22-49(39)44/h1-6,8-18,20-27H,7,19H2. The number of para-hydroxylation sites is 1. The highest BCUT2D eigenvalue weighted by Gasteiger charge is 2.24. The zero-order valence-corrected chi connectivity index (χ0v) is 26.6. The fourth-order valence-electron chi connectivity index (χ4n) is 7.61. The minimum atomic E-state index is 0.909. The summed E-state index contributed by atoms with van der Waals surface area (Å²) in [5, 5.41) is 5.75. The number of hydrogen-bond acceptors (Lipinski definition) is 4. The maximum Gasteiger partial charge on any atom is 0.114 e. The first kappa shape index (κ1) is 27.6. The third-order valence-corrected chi connectivity index (χ3v) is 9.77. The molecule has 5 heteroatoms. The topological polar surface area (TPSA) is 56.5 Å². The molecule has 0 fully saturated rings. The largest absolute Gasteiger partial charge is 0.301 e. The second-order valence-corrected chi connectivity index (χ2v) is 12.6. The summed E-state index contributed by atoms with van der Waals surface area (Å²) in [5.74, 6) is 1.08. The fraction of sp³-hybridized carbons (Fsp3) is 0.0455. The van der Waals surface area contributed by atoms with E-state index in [2.05, 4.69) is 130 Å². The Bertz CT molecular complexity index is 2650. The van der Waals surface area contributed by atoms with E-state index in [0.29, 0.717) is 0 Å². The highest BCUT2D eigenvalue weighted by atomic mass is 15.1. The van der Waals surface area contributed by atoms with Crippen LogP contribution in [-0.2, 0) is 6.42 Å². The van der Waals surface area contributed by atoms with Gasteiger partial charge in [-0.15, -0.1) is 0 Å². The summed E-state index contributed by atoms with van der Waals surface area (Å²) in [5.41, 5.74) is 11.8. The van der Waals surface area contributed by atoms with Crippen molar-refractivity contribution in [3.8, 4) is 44.6 Å². The van der Waals surface area contributed by atoms with Crippen molar-refractivity contribution in [3.05, 3.63) is 152 Å². The molecular weight excluding hydrogens is 599 g/mol. The van der Waals surface area contributed by atoms with E-state index in [0.717, 1.165) is 90.4 Å². The average molecular weight is 628 g/mol.